The van der Waals surface area contributed by atoms with Crippen LogP contribution in [0.5, 0.6) is 0 Å². The molecular formula is C12H21ClN2S. The zero-order chi connectivity index (χ0) is 10.7. The number of nitrogens with zero attached hydrogens (tertiary/aromatic N) is 1. The highest BCUT2D eigenvalue weighted by Gasteiger charge is 2.19. The van der Waals surface area contributed by atoms with Gasteiger partial charge in [-0.1, -0.05) is 0 Å². The zero-order valence-electron chi connectivity index (χ0n) is 10.0. The summed E-state index contributed by atoms with van der Waals surface area (Å²) >= 11 is 1.86. The molecule has 2 rings (SSSR count). The first-order valence-electron chi connectivity index (χ1n) is 5.71. The van der Waals surface area contributed by atoms with Crippen LogP contribution in [0.25, 0.3) is 0 Å². The Balaban J connectivity index is 0.00000128. The summed E-state index contributed by atoms with van der Waals surface area (Å²) in [6.45, 7) is 5.63. The molecule has 2 heterocycles. The molecule has 0 aliphatic carbocycles. The van der Waals surface area contributed by atoms with Gasteiger partial charge >= 0.3 is 0 Å². The van der Waals surface area contributed by atoms with E-state index >= 15 is 0 Å². The highest BCUT2D eigenvalue weighted by atomic mass is 35.5. The smallest absolute Gasteiger partial charge is 0.0303 e. The maximum Gasteiger partial charge on any atom is 0.0303 e. The Morgan fingerprint density at radius 3 is 2.94 bits per heavy atom. The first kappa shape index (κ1) is 14.0. The molecule has 0 bridgehead atoms. The summed E-state index contributed by atoms with van der Waals surface area (Å²) in [5, 5.41) is 5.74. The van der Waals surface area contributed by atoms with Crippen molar-refractivity contribution in [3.8, 4) is 0 Å². The van der Waals surface area contributed by atoms with Crippen molar-refractivity contribution in [2.75, 3.05) is 20.1 Å². The normalized spacial score (nSPS) is 21.0. The number of likely N-dealkylation sites (N-methyl/N-ethyl adjacent to an activating group) is 1. The van der Waals surface area contributed by atoms with Crippen molar-refractivity contribution in [3.63, 3.8) is 0 Å². The molecule has 1 saturated heterocycles. The summed E-state index contributed by atoms with van der Waals surface area (Å²) in [5.41, 5.74) is 1.42. The third kappa shape index (κ3) is 3.45. The topological polar surface area (TPSA) is 15.3 Å². The molecule has 0 aromatic carbocycles. The van der Waals surface area contributed by atoms with E-state index in [-0.39, 0.29) is 12.4 Å². The van der Waals surface area contributed by atoms with Crippen LogP contribution in [0.1, 0.15) is 23.3 Å². The van der Waals surface area contributed by atoms with E-state index in [1.807, 2.05) is 11.3 Å². The highest BCUT2D eigenvalue weighted by molar-refractivity contribution is 7.10. The Morgan fingerprint density at radius 1 is 1.56 bits per heavy atom. The summed E-state index contributed by atoms with van der Waals surface area (Å²) in [6, 6.07) is 2.95. The molecule has 0 radical (unpaired) electrons. The van der Waals surface area contributed by atoms with Crippen LogP contribution in [-0.2, 0) is 6.54 Å². The van der Waals surface area contributed by atoms with Gasteiger partial charge in [-0.05, 0) is 50.4 Å². The van der Waals surface area contributed by atoms with Crippen molar-refractivity contribution < 1.29 is 0 Å². The Hall–Kier alpha value is -0.0900. The third-order valence-electron chi connectivity index (χ3n) is 3.31. The van der Waals surface area contributed by atoms with Crippen molar-refractivity contribution in [1.29, 1.82) is 0 Å². The lowest BCUT2D eigenvalue weighted by Gasteiger charge is -2.19. The van der Waals surface area contributed by atoms with Crippen molar-refractivity contribution in [2.45, 2.75) is 32.4 Å². The van der Waals surface area contributed by atoms with Gasteiger partial charge in [0.15, 0.2) is 0 Å². The maximum absolute atomic E-state index is 3.57. The number of hydrogen-bond acceptors (Lipinski definition) is 3. The van der Waals surface area contributed by atoms with E-state index in [2.05, 4.69) is 35.6 Å². The highest BCUT2D eigenvalue weighted by Crippen LogP contribution is 2.16. The summed E-state index contributed by atoms with van der Waals surface area (Å²) in [7, 11) is 2.23. The molecule has 1 aliphatic rings. The quantitative estimate of drug-likeness (QED) is 0.896. The first-order valence-corrected chi connectivity index (χ1v) is 6.59. The summed E-state index contributed by atoms with van der Waals surface area (Å²) in [4.78, 5) is 3.95. The molecule has 1 aliphatic heterocycles. The lowest BCUT2D eigenvalue weighted by molar-refractivity contribution is 0.300. The van der Waals surface area contributed by atoms with Crippen LogP contribution in [0.3, 0.4) is 0 Å². The van der Waals surface area contributed by atoms with Gasteiger partial charge in [0.25, 0.3) is 0 Å². The van der Waals surface area contributed by atoms with Gasteiger partial charge in [-0.15, -0.1) is 23.7 Å². The number of thiophene rings is 1. The summed E-state index contributed by atoms with van der Waals surface area (Å²) in [5.74, 6) is 0. The minimum atomic E-state index is 0. The van der Waals surface area contributed by atoms with Crippen LogP contribution in [0.2, 0.25) is 0 Å². The van der Waals surface area contributed by atoms with Gasteiger partial charge in [-0.2, -0.15) is 0 Å². The fourth-order valence-corrected chi connectivity index (χ4v) is 3.05. The van der Waals surface area contributed by atoms with Crippen LogP contribution in [0.15, 0.2) is 11.4 Å². The van der Waals surface area contributed by atoms with Gasteiger partial charge in [0.2, 0.25) is 0 Å². The second-order valence-electron chi connectivity index (χ2n) is 4.43. The number of likely N-dealkylation sites (tertiary alicyclic amines) is 1. The van der Waals surface area contributed by atoms with Gasteiger partial charge in [-0.25, -0.2) is 0 Å². The Bertz CT molecular complexity index is 314. The molecule has 1 atom stereocenters. The SMILES string of the molecule is Cc1ccsc1CNCC1CCCN1C.Cl. The minimum Gasteiger partial charge on any atom is -0.310 e. The standard InChI is InChI=1S/C12H20N2S.ClH/c1-10-5-7-15-12(10)9-13-8-11-4-3-6-14(11)2;/h5,7,11,13H,3-4,6,8-9H2,1-2H3;1H. The maximum atomic E-state index is 3.57. The number of halogens is 1. The number of rotatable bonds is 4. The lowest BCUT2D eigenvalue weighted by Crippen LogP contribution is -2.35. The Morgan fingerprint density at radius 2 is 2.38 bits per heavy atom. The molecule has 1 aromatic heterocycles. The van der Waals surface area contributed by atoms with Crippen LogP contribution in [0.4, 0.5) is 0 Å². The second kappa shape index (κ2) is 6.60. The summed E-state index contributed by atoms with van der Waals surface area (Å²) < 4.78 is 0. The van der Waals surface area contributed by atoms with Gasteiger partial charge in [0.05, 0.1) is 0 Å². The van der Waals surface area contributed by atoms with E-state index in [4.69, 9.17) is 0 Å². The predicted octanol–water partition coefficient (Wildman–Crippen LogP) is 2.66. The molecule has 16 heavy (non-hydrogen) atoms. The molecule has 2 nitrogen and oxygen atoms in total. The van der Waals surface area contributed by atoms with E-state index in [0.29, 0.717) is 0 Å². The monoisotopic (exact) mass is 260 g/mol. The first-order chi connectivity index (χ1) is 7.27. The average Bonchev–Trinajstić information content (AvgIpc) is 2.78. The van der Waals surface area contributed by atoms with Gasteiger partial charge in [0.1, 0.15) is 0 Å². The fourth-order valence-electron chi connectivity index (χ4n) is 2.17. The number of aryl methyl sites for hydroxylation is 1. The molecule has 4 heteroatoms. The van der Waals surface area contributed by atoms with E-state index in [9.17, 15) is 0 Å². The van der Waals surface area contributed by atoms with Crippen molar-refractivity contribution in [1.82, 2.24) is 10.2 Å². The number of hydrogen-bond donors (Lipinski definition) is 1. The molecular weight excluding hydrogens is 240 g/mol. The largest absolute Gasteiger partial charge is 0.310 e. The Kier molecular flexibility index (Phi) is 5.76. The second-order valence-corrected chi connectivity index (χ2v) is 5.44. The van der Waals surface area contributed by atoms with E-state index < -0.39 is 0 Å². The lowest BCUT2D eigenvalue weighted by atomic mass is 10.2. The predicted molar refractivity (Wildman–Crippen MR) is 73.7 cm³/mol. The van der Waals surface area contributed by atoms with Crippen molar-refractivity contribution in [2.24, 2.45) is 0 Å². The zero-order valence-corrected chi connectivity index (χ0v) is 11.7. The molecule has 0 saturated carbocycles. The average molecular weight is 261 g/mol. The van der Waals surface area contributed by atoms with Crippen LogP contribution in [-0.4, -0.2) is 31.1 Å². The molecule has 0 amide bonds. The molecule has 0 spiro atoms. The van der Waals surface area contributed by atoms with Crippen molar-refractivity contribution >= 4 is 23.7 Å². The molecule has 1 fully saturated rings. The molecule has 1 aromatic rings. The third-order valence-corrected chi connectivity index (χ3v) is 4.33. The van der Waals surface area contributed by atoms with Gasteiger partial charge in [-0.3, -0.25) is 0 Å². The van der Waals surface area contributed by atoms with Crippen LogP contribution in [0, 0.1) is 6.92 Å². The van der Waals surface area contributed by atoms with Gasteiger partial charge in [0, 0.05) is 24.0 Å². The Labute approximate surface area is 108 Å². The van der Waals surface area contributed by atoms with E-state index in [0.717, 1.165) is 19.1 Å². The summed E-state index contributed by atoms with van der Waals surface area (Å²) in [6.07, 6.45) is 2.72. The van der Waals surface area contributed by atoms with Crippen molar-refractivity contribution in [3.05, 3.63) is 21.9 Å². The molecule has 1 unspecified atom stereocenters. The minimum absolute atomic E-state index is 0. The van der Waals surface area contributed by atoms with Crippen LogP contribution < -0.4 is 5.32 Å². The van der Waals surface area contributed by atoms with E-state index in [1.165, 1.54) is 29.8 Å². The molecule has 1 N–H and O–H groups in total. The van der Waals surface area contributed by atoms with Gasteiger partial charge < -0.3 is 10.2 Å². The molecule has 92 valence electrons. The van der Waals surface area contributed by atoms with Crippen LogP contribution >= 0.6 is 23.7 Å². The van der Waals surface area contributed by atoms with E-state index in [1.54, 1.807) is 0 Å². The number of nitrogens with one attached hydrogen (secondary N) is 1. The fraction of sp³-hybridized carbons (Fsp3) is 0.667.